The van der Waals surface area contributed by atoms with Gasteiger partial charge in [0.15, 0.2) is 0 Å². The molecule has 4 bridgehead atoms. The predicted molar refractivity (Wildman–Crippen MR) is 113 cm³/mol. The fraction of sp³-hybridized carbons (Fsp3) is 0.708. The number of nitrogens with zero attached hydrogens (tertiary/aromatic N) is 4. The molecule has 6 heteroatoms. The van der Waals surface area contributed by atoms with E-state index in [4.69, 9.17) is 0 Å². The van der Waals surface area contributed by atoms with E-state index >= 15 is 0 Å². The van der Waals surface area contributed by atoms with Crippen molar-refractivity contribution in [2.24, 2.45) is 10.8 Å². The summed E-state index contributed by atoms with van der Waals surface area (Å²) in [4.78, 5) is 12.7. The first-order valence-corrected chi connectivity index (χ1v) is 11.4. The van der Waals surface area contributed by atoms with Crippen LogP contribution in [0.3, 0.4) is 0 Å². The topological polar surface area (TPSA) is 72.9 Å². The molecule has 4 aliphatic rings. The van der Waals surface area contributed by atoms with E-state index in [1.165, 1.54) is 11.1 Å². The van der Waals surface area contributed by atoms with Crippen LogP contribution in [0, 0.1) is 10.8 Å². The van der Waals surface area contributed by atoms with Gasteiger partial charge in [0.2, 0.25) is 6.17 Å². The van der Waals surface area contributed by atoms with Gasteiger partial charge in [-0.1, -0.05) is 41.5 Å². The zero-order valence-electron chi connectivity index (χ0n) is 18.9. The Morgan fingerprint density at radius 1 is 0.900 bits per heavy atom. The van der Waals surface area contributed by atoms with Gasteiger partial charge in [-0.05, 0) is 59.5 Å². The number of carboxylic acid groups (broad SMARTS) is 1. The molecule has 1 N–H and O–H groups in total. The molecule has 160 valence electrons. The van der Waals surface area contributed by atoms with Gasteiger partial charge in [-0.3, -0.25) is 0 Å². The van der Waals surface area contributed by atoms with Gasteiger partial charge in [0.1, 0.15) is 0 Å². The van der Waals surface area contributed by atoms with Gasteiger partial charge < -0.3 is 5.11 Å². The summed E-state index contributed by atoms with van der Waals surface area (Å²) < 4.78 is 3.60. The van der Waals surface area contributed by atoms with Crippen LogP contribution in [-0.2, 0) is 15.6 Å². The summed E-state index contributed by atoms with van der Waals surface area (Å²) >= 11 is 0. The van der Waals surface area contributed by atoms with E-state index in [1.54, 1.807) is 9.36 Å². The van der Waals surface area contributed by atoms with Gasteiger partial charge >= 0.3 is 5.97 Å². The molecule has 0 unspecified atom stereocenters. The summed E-state index contributed by atoms with van der Waals surface area (Å²) in [6.45, 7) is 13.9. The quantitative estimate of drug-likeness (QED) is 0.808. The highest BCUT2D eigenvalue weighted by Gasteiger charge is 2.64. The van der Waals surface area contributed by atoms with Crippen molar-refractivity contribution in [1.82, 2.24) is 19.6 Å². The smallest absolute Gasteiger partial charge is 0.351 e. The molecule has 0 aromatic carbocycles. The summed E-state index contributed by atoms with van der Waals surface area (Å²) in [6.07, 6.45) is 7.42. The van der Waals surface area contributed by atoms with Crippen molar-refractivity contribution < 1.29 is 9.90 Å². The highest BCUT2D eigenvalue weighted by molar-refractivity contribution is 5.72. The number of aromatic nitrogens is 4. The van der Waals surface area contributed by atoms with Gasteiger partial charge in [0.05, 0.1) is 23.8 Å². The Balaban J connectivity index is 1.55. The van der Waals surface area contributed by atoms with Gasteiger partial charge in [0.25, 0.3) is 0 Å². The predicted octanol–water partition coefficient (Wildman–Crippen LogP) is 4.56. The maximum atomic E-state index is 12.7. The summed E-state index contributed by atoms with van der Waals surface area (Å²) in [5, 5.41) is 19.8. The van der Waals surface area contributed by atoms with Crippen molar-refractivity contribution >= 4 is 5.97 Å². The van der Waals surface area contributed by atoms with Crippen molar-refractivity contribution in [1.29, 1.82) is 0 Å². The largest absolute Gasteiger partial charge is 0.478 e. The number of carbonyl (C=O) groups is 1. The van der Waals surface area contributed by atoms with Crippen molar-refractivity contribution in [2.45, 2.75) is 96.1 Å². The Morgan fingerprint density at radius 2 is 1.30 bits per heavy atom. The van der Waals surface area contributed by atoms with E-state index in [2.05, 4.69) is 51.7 Å². The Labute approximate surface area is 177 Å². The third-order valence-electron chi connectivity index (χ3n) is 10.6. The molecule has 2 aromatic rings. The zero-order valence-corrected chi connectivity index (χ0v) is 18.9. The first-order valence-electron chi connectivity index (χ1n) is 11.4. The number of rotatable bonds is 3. The van der Waals surface area contributed by atoms with Gasteiger partial charge in [0, 0.05) is 10.8 Å². The highest BCUT2D eigenvalue weighted by atomic mass is 16.4. The Hall–Kier alpha value is -2.11. The van der Waals surface area contributed by atoms with Crippen molar-refractivity contribution in [3.8, 4) is 0 Å². The Morgan fingerprint density at radius 3 is 1.67 bits per heavy atom. The molecule has 2 aromatic heterocycles. The van der Waals surface area contributed by atoms with Crippen LogP contribution in [-0.4, -0.2) is 30.6 Å². The summed E-state index contributed by atoms with van der Waals surface area (Å²) in [6, 6.07) is 0. The molecular weight excluding hydrogens is 376 g/mol. The van der Waals surface area contributed by atoms with Crippen molar-refractivity contribution in [3.63, 3.8) is 0 Å². The lowest BCUT2D eigenvalue weighted by atomic mass is 9.69. The fourth-order valence-corrected chi connectivity index (χ4v) is 8.02. The van der Waals surface area contributed by atoms with E-state index in [1.807, 2.05) is 12.4 Å². The van der Waals surface area contributed by atoms with E-state index in [9.17, 15) is 9.90 Å². The summed E-state index contributed by atoms with van der Waals surface area (Å²) in [5.74, 6) is 0.0214. The second kappa shape index (κ2) is 5.03. The van der Waals surface area contributed by atoms with Crippen LogP contribution in [0.4, 0.5) is 0 Å². The number of hydrogen-bond acceptors (Lipinski definition) is 3. The number of hydrogen-bond donors (Lipinski definition) is 1. The van der Waals surface area contributed by atoms with Crippen LogP contribution in [0.1, 0.15) is 108 Å². The van der Waals surface area contributed by atoms with Gasteiger partial charge in [-0.25, -0.2) is 14.2 Å². The molecular formula is C24H32N4O2. The van der Waals surface area contributed by atoms with Gasteiger partial charge in [-0.2, -0.15) is 10.2 Å². The zero-order chi connectivity index (χ0) is 21.4. The molecule has 0 spiro atoms. The second-order valence-electron chi connectivity index (χ2n) is 11.8. The maximum Gasteiger partial charge on any atom is 0.351 e. The molecule has 0 radical (unpaired) electrons. The van der Waals surface area contributed by atoms with E-state index in [0.29, 0.717) is 11.8 Å². The minimum Gasteiger partial charge on any atom is -0.478 e. The van der Waals surface area contributed by atoms with E-state index in [-0.39, 0.29) is 21.7 Å². The molecule has 0 amide bonds. The van der Waals surface area contributed by atoms with Crippen LogP contribution in [0.5, 0.6) is 0 Å². The Kier molecular flexibility index (Phi) is 3.12. The molecule has 6 rings (SSSR count). The van der Waals surface area contributed by atoms with E-state index < -0.39 is 12.1 Å². The first kappa shape index (κ1) is 18.6. The molecule has 4 atom stereocenters. The normalized spacial score (nSPS) is 36.5. The molecule has 4 aliphatic carbocycles. The number of fused-ring (bicyclic) bond motifs is 10. The SMILES string of the molecule is CC1(C)[C@@H]2CC[C@@]1(C)c1c2cnn1C(C(=O)O)n1ncc2c1[C@]1(C)CC[C@H]2C1(C)C. The average molecular weight is 409 g/mol. The minimum atomic E-state index is -0.934. The Bertz CT molecular complexity index is 1030. The van der Waals surface area contributed by atoms with Crippen LogP contribution < -0.4 is 0 Å². The molecule has 6 nitrogen and oxygen atoms in total. The minimum absolute atomic E-state index is 0.0598. The van der Waals surface area contributed by atoms with E-state index in [0.717, 1.165) is 37.1 Å². The lowest BCUT2D eigenvalue weighted by Gasteiger charge is -2.38. The first-order chi connectivity index (χ1) is 14.0. The van der Waals surface area contributed by atoms with Crippen LogP contribution >= 0.6 is 0 Å². The third kappa shape index (κ3) is 1.67. The van der Waals surface area contributed by atoms with Crippen LogP contribution in [0.25, 0.3) is 0 Å². The molecule has 2 saturated carbocycles. The number of carboxylic acids is 1. The van der Waals surface area contributed by atoms with Crippen LogP contribution in [0.2, 0.25) is 0 Å². The maximum absolute atomic E-state index is 12.7. The lowest BCUT2D eigenvalue weighted by Crippen LogP contribution is -2.40. The standard InChI is InChI=1S/C24H32N4O2/c1-21(2)15-7-9-23(21,5)17-13(15)11-25-27(17)19(20(29)30)28-18-14(12-26-28)16-8-10-24(18,6)22(16,3)4/h11-12,15-16,19H,7-10H2,1-6H3,(H,29,30)/t15-,16-,23+,24+/m1/s1. The fourth-order valence-electron chi connectivity index (χ4n) is 8.02. The molecule has 2 heterocycles. The van der Waals surface area contributed by atoms with Crippen molar-refractivity contribution in [3.05, 3.63) is 34.9 Å². The van der Waals surface area contributed by atoms with Gasteiger partial charge in [-0.15, -0.1) is 0 Å². The highest BCUT2D eigenvalue weighted by Crippen LogP contribution is 2.69. The monoisotopic (exact) mass is 408 g/mol. The number of aliphatic carboxylic acids is 1. The molecule has 0 aliphatic heterocycles. The molecule has 30 heavy (non-hydrogen) atoms. The second-order valence-corrected chi connectivity index (χ2v) is 11.8. The van der Waals surface area contributed by atoms with Crippen LogP contribution in [0.15, 0.2) is 12.4 Å². The molecule has 2 fully saturated rings. The van der Waals surface area contributed by atoms with Crippen molar-refractivity contribution in [2.75, 3.05) is 0 Å². The summed E-state index contributed by atoms with van der Waals surface area (Å²) in [7, 11) is 0. The lowest BCUT2D eigenvalue weighted by molar-refractivity contribution is -0.142. The molecule has 0 saturated heterocycles. The summed E-state index contributed by atoms with van der Waals surface area (Å²) in [5.41, 5.74) is 4.84. The average Bonchev–Trinajstić information content (AvgIpc) is 3.42. The third-order valence-corrected chi connectivity index (χ3v) is 10.6.